The van der Waals surface area contributed by atoms with Gasteiger partial charge in [-0.2, -0.15) is 0 Å². The van der Waals surface area contributed by atoms with Crippen molar-refractivity contribution in [3.05, 3.63) is 193 Å². The lowest BCUT2D eigenvalue weighted by Gasteiger charge is -2.31. The highest BCUT2D eigenvalue weighted by Crippen LogP contribution is 2.39. The number of rotatable bonds is 14. The summed E-state index contributed by atoms with van der Waals surface area (Å²) < 4.78 is 4.80. The van der Waals surface area contributed by atoms with Crippen LogP contribution in [0.4, 0.5) is 0 Å². The molecule has 6 rings (SSSR count). The summed E-state index contributed by atoms with van der Waals surface area (Å²) in [5.74, 6) is 0.537. The molecule has 0 aliphatic heterocycles. The van der Waals surface area contributed by atoms with Crippen LogP contribution in [0.3, 0.4) is 0 Å². The maximum Gasteiger partial charge on any atom is 0.0451 e. The summed E-state index contributed by atoms with van der Waals surface area (Å²) in [5.41, 5.74) is 5.42. The minimum absolute atomic E-state index is 0.268. The third kappa shape index (κ3) is 7.07. The quantitative estimate of drug-likeness (QED) is 0.131. The molecule has 0 unspecified atom stereocenters. The predicted octanol–water partition coefficient (Wildman–Crippen LogP) is 9.11. The maximum absolute atomic E-state index is 3.86. The third-order valence-electron chi connectivity index (χ3n) is 8.66. The van der Waals surface area contributed by atoms with Crippen molar-refractivity contribution < 1.29 is 0 Å². The van der Waals surface area contributed by atoms with Crippen molar-refractivity contribution in [3.63, 3.8) is 0 Å². The van der Waals surface area contributed by atoms with E-state index >= 15 is 0 Å². The molecular formula is C40H41N3. The Morgan fingerprint density at radius 1 is 0.372 bits per heavy atom. The Balaban J connectivity index is 1.20. The lowest BCUT2D eigenvalue weighted by molar-refractivity contribution is 0.385. The molecule has 1 N–H and O–H groups in total. The highest BCUT2D eigenvalue weighted by Gasteiger charge is 2.27. The molecule has 4 aromatic carbocycles. The van der Waals surface area contributed by atoms with Crippen LogP contribution in [0.25, 0.3) is 0 Å². The summed E-state index contributed by atoms with van der Waals surface area (Å²) >= 11 is 0. The second-order valence-electron chi connectivity index (χ2n) is 11.3. The van der Waals surface area contributed by atoms with Crippen LogP contribution in [0.5, 0.6) is 0 Å². The van der Waals surface area contributed by atoms with Gasteiger partial charge in [0.05, 0.1) is 0 Å². The molecule has 216 valence electrons. The fraction of sp³-hybridized carbons (Fsp3) is 0.200. The average molecular weight is 564 g/mol. The van der Waals surface area contributed by atoms with Crippen LogP contribution in [-0.4, -0.2) is 22.2 Å². The van der Waals surface area contributed by atoms with E-state index < -0.39 is 0 Å². The Morgan fingerprint density at radius 2 is 0.651 bits per heavy atom. The molecule has 0 bridgehead atoms. The largest absolute Gasteiger partial charge is 0.350 e. The van der Waals surface area contributed by atoms with Gasteiger partial charge in [0.1, 0.15) is 0 Å². The second-order valence-corrected chi connectivity index (χ2v) is 11.3. The maximum atomic E-state index is 3.86. The number of nitrogens with zero attached hydrogens (tertiary/aromatic N) is 2. The van der Waals surface area contributed by atoms with Crippen LogP contribution in [0.2, 0.25) is 0 Å². The predicted molar refractivity (Wildman–Crippen MR) is 178 cm³/mol. The van der Waals surface area contributed by atoms with E-state index in [1.54, 1.807) is 0 Å². The van der Waals surface area contributed by atoms with Crippen LogP contribution >= 0.6 is 0 Å². The summed E-state index contributed by atoms with van der Waals surface area (Å²) in [4.78, 5) is 0. The van der Waals surface area contributed by atoms with E-state index in [4.69, 9.17) is 0 Å². The van der Waals surface area contributed by atoms with E-state index in [2.05, 4.69) is 185 Å². The van der Waals surface area contributed by atoms with Gasteiger partial charge in [-0.1, -0.05) is 121 Å². The van der Waals surface area contributed by atoms with Gasteiger partial charge in [-0.05, 0) is 72.5 Å². The van der Waals surface area contributed by atoms with Crippen LogP contribution in [0, 0.1) is 0 Å². The Kier molecular flexibility index (Phi) is 9.64. The van der Waals surface area contributed by atoms with Crippen molar-refractivity contribution in [3.8, 4) is 0 Å². The van der Waals surface area contributed by atoms with E-state index in [9.17, 15) is 0 Å². The normalized spacial score (nSPS) is 12.9. The molecule has 3 heteroatoms. The van der Waals surface area contributed by atoms with Gasteiger partial charge in [-0.3, -0.25) is 0 Å². The second kappa shape index (κ2) is 14.5. The van der Waals surface area contributed by atoms with Gasteiger partial charge in [0.15, 0.2) is 0 Å². The summed E-state index contributed by atoms with van der Waals surface area (Å²) in [5, 5.41) is 3.86. The van der Waals surface area contributed by atoms with Gasteiger partial charge in [-0.25, -0.2) is 0 Å². The first-order valence-corrected chi connectivity index (χ1v) is 15.5. The van der Waals surface area contributed by atoms with E-state index in [1.807, 2.05) is 0 Å². The zero-order valence-electron chi connectivity index (χ0n) is 24.7. The third-order valence-corrected chi connectivity index (χ3v) is 8.66. The summed E-state index contributed by atoms with van der Waals surface area (Å²) in [6, 6.07) is 53.1. The highest BCUT2D eigenvalue weighted by molar-refractivity contribution is 5.35. The first-order chi connectivity index (χ1) is 21.4. The Bertz CT molecular complexity index is 1380. The molecule has 0 spiro atoms. The molecule has 2 atom stereocenters. The summed E-state index contributed by atoms with van der Waals surface area (Å²) in [6.07, 6.45) is 10.9. The molecular weight excluding hydrogens is 522 g/mol. The van der Waals surface area contributed by atoms with Crippen molar-refractivity contribution in [1.82, 2.24) is 14.5 Å². The van der Waals surface area contributed by atoms with Crippen molar-refractivity contribution in [1.29, 1.82) is 0 Å². The lowest BCUT2D eigenvalue weighted by atomic mass is 9.83. The van der Waals surface area contributed by atoms with E-state index in [0.717, 1.165) is 25.9 Å². The number of aromatic nitrogens is 2. The van der Waals surface area contributed by atoms with E-state index in [0.29, 0.717) is 12.1 Å². The lowest BCUT2D eigenvalue weighted by Crippen LogP contribution is -2.27. The summed E-state index contributed by atoms with van der Waals surface area (Å²) in [7, 11) is 0. The average Bonchev–Trinajstić information content (AvgIpc) is 3.81. The van der Waals surface area contributed by atoms with Crippen molar-refractivity contribution in [2.75, 3.05) is 13.1 Å². The SMILES string of the molecule is c1ccc(C(c2ccccc2)[C@H](CCNCC[C@@H](C(c2ccccc2)c2ccccc2)n2cccc2)n2cccc2)cc1. The minimum atomic E-state index is 0.268. The van der Waals surface area contributed by atoms with E-state index in [1.165, 1.54) is 22.3 Å². The smallest absolute Gasteiger partial charge is 0.0451 e. The first-order valence-electron chi connectivity index (χ1n) is 15.5. The van der Waals surface area contributed by atoms with Gasteiger partial charge in [-0.15, -0.1) is 0 Å². The molecule has 0 saturated carbocycles. The van der Waals surface area contributed by atoms with Crippen molar-refractivity contribution in [2.45, 2.75) is 36.8 Å². The van der Waals surface area contributed by atoms with Crippen LogP contribution in [-0.2, 0) is 0 Å². The van der Waals surface area contributed by atoms with Gasteiger partial charge in [0, 0.05) is 48.7 Å². The number of benzene rings is 4. The monoisotopic (exact) mass is 563 g/mol. The number of nitrogens with one attached hydrogen (secondary N) is 1. The molecule has 0 aliphatic rings. The molecule has 6 aromatic rings. The van der Waals surface area contributed by atoms with Gasteiger partial charge in [0.25, 0.3) is 0 Å². The Hall–Kier alpha value is -4.60. The highest BCUT2D eigenvalue weighted by atomic mass is 15.0. The van der Waals surface area contributed by atoms with Crippen LogP contribution in [0.15, 0.2) is 170 Å². The molecule has 2 aromatic heterocycles. The van der Waals surface area contributed by atoms with Crippen molar-refractivity contribution in [2.24, 2.45) is 0 Å². The van der Waals surface area contributed by atoms with Crippen LogP contribution < -0.4 is 5.32 Å². The number of hydrogen-bond acceptors (Lipinski definition) is 1. The van der Waals surface area contributed by atoms with Gasteiger partial charge < -0.3 is 14.5 Å². The Labute approximate surface area is 256 Å². The molecule has 2 heterocycles. The molecule has 0 fully saturated rings. The standard InChI is InChI=1S/C40H41N3/c1-5-17-33(18-6-1)39(34-19-7-2-8-20-34)37(42-29-13-14-30-42)25-27-41-28-26-38(43-31-15-16-32-43)40(35-21-9-3-10-22-35)36-23-11-4-12-24-36/h1-24,29-32,37-41H,25-28H2/t37-,38-/m0/s1. The van der Waals surface area contributed by atoms with Gasteiger partial charge in [0.2, 0.25) is 0 Å². The topological polar surface area (TPSA) is 21.9 Å². The molecule has 0 aliphatic carbocycles. The van der Waals surface area contributed by atoms with E-state index in [-0.39, 0.29) is 11.8 Å². The fourth-order valence-electron chi connectivity index (χ4n) is 6.65. The Morgan fingerprint density at radius 3 is 0.930 bits per heavy atom. The summed E-state index contributed by atoms with van der Waals surface area (Å²) in [6.45, 7) is 1.89. The van der Waals surface area contributed by atoms with Crippen molar-refractivity contribution >= 4 is 0 Å². The molecule has 0 amide bonds. The first kappa shape index (κ1) is 28.5. The molecule has 0 radical (unpaired) electrons. The minimum Gasteiger partial charge on any atom is -0.350 e. The zero-order valence-corrected chi connectivity index (χ0v) is 24.7. The molecule has 0 saturated heterocycles. The molecule has 43 heavy (non-hydrogen) atoms. The van der Waals surface area contributed by atoms with Gasteiger partial charge >= 0.3 is 0 Å². The number of hydrogen-bond donors (Lipinski definition) is 1. The fourth-order valence-corrected chi connectivity index (χ4v) is 6.65. The zero-order chi connectivity index (χ0) is 29.1. The van der Waals surface area contributed by atoms with Crippen LogP contribution in [0.1, 0.15) is 59.0 Å². The molecule has 3 nitrogen and oxygen atoms in total.